The first kappa shape index (κ1) is 18.3. The fraction of sp³-hybridized carbons (Fsp3) is 0.565. The molecule has 2 aromatic rings. The molecule has 4 nitrogen and oxygen atoms in total. The van der Waals surface area contributed by atoms with Crippen molar-refractivity contribution in [1.29, 1.82) is 0 Å². The molecule has 3 N–H and O–H groups in total. The third-order valence-corrected chi connectivity index (χ3v) is 7.97. The van der Waals surface area contributed by atoms with Gasteiger partial charge in [-0.2, -0.15) is 0 Å². The summed E-state index contributed by atoms with van der Waals surface area (Å²) in [5.41, 5.74) is 3.67. The maximum absolute atomic E-state index is 12.3. The molecule has 4 aliphatic rings. The molecule has 28 heavy (non-hydrogen) atoms. The second-order valence-corrected chi connectivity index (χ2v) is 10.5. The van der Waals surface area contributed by atoms with E-state index in [1.165, 1.54) is 44.1 Å². The molecule has 0 radical (unpaired) electrons. The van der Waals surface area contributed by atoms with Crippen molar-refractivity contribution in [3.8, 4) is 0 Å². The van der Waals surface area contributed by atoms with Crippen molar-refractivity contribution in [3.05, 3.63) is 45.9 Å². The van der Waals surface area contributed by atoms with Gasteiger partial charge in [0.05, 0.1) is 12.0 Å². The summed E-state index contributed by atoms with van der Waals surface area (Å²) in [6.07, 6.45) is 9.06. The highest BCUT2D eigenvalue weighted by molar-refractivity contribution is 7.09. The van der Waals surface area contributed by atoms with Gasteiger partial charge in [0.25, 0.3) is 0 Å². The van der Waals surface area contributed by atoms with Crippen LogP contribution in [0.1, 0.15) is 54.8 Å². The van der Waals surface area contributed by atoms with Crippen LogP contribution in [0.5, 0.6) is 0 Å². The highest BCUT2D eigenvalue weighted by atomic mass is 32.1. The van der Waals surface area contributed by atoms with E-state index in [2.05, 4.69) is 16.0 Å². The van der Waals surface area contributed by atoms with Crippen LogP contribution in [0.4, 0.5) is 5.69 Å². The molecule has 1 heterocycles. The minimum Gasteiger partial charge on any atom is -0.336 e. The molecule has 1 amide bonds. The molecular weight excluding hydrogens is 366 g/mol. The van der Waals surface area contributed by atoms with Crippen molar-refractivity contribution in [1.82, 2.24) is 4.98 Å². The minimum absolute atomic E-state index is 0.00909. The number of nitrogens with one attached hydrogen (secondary N) is 1. The Morgan fingerprint density at radius 2 is 1.79 bits per heavy atom. The van der Waals surface area contributed by atoms with Crippen molar-refractivity contribution in [2.24, 2.45) is 17.8 Å². The lowest BCUT2D eigenvalue weighted by atomic mass is 9.53. The molecule has 0 saturated heterocycles. The Hall–Kier alpha value is -1.72. The molecule has 0 aliphatic heterocycles. The smallest absolute Gasteiger partial charge is 0.231 e. The van der Waals surface area contributed by atoms with Gasteiger partial charge in [-0.3, -0.25) is 4.79 Å². The molecule has 148 valence electrons. The number of amides is 1. The van der Waals surface area contributed by atoms with E-state index in [1.807, 2.05) is 31.2 Å². The first-order valence-electron chi connectivity index (χ1n) is 10.7. The van der Waals surface area contributed by atoms with Gasteiger partial charge >= 0.3 is 0 Å². The summed E-state index contributed by atoms with van der Waals surface area (Å²) in [6.45, 7) is 3.01. The van der Waals surface area contributed by atoms with Gasteiger partial charge in [0.2, 0.25) is 5.91 Å². The fourth-order valence-electron chi connectivity index (χ4n) is 6.25. The van der Waals surface area contributed by atoms with Crippen molar-refractivity contribution < 1.29 is 10.1 Å². The molecule has 0 unspecified atom stereocenters. The topological polar surface area (TPSA) is 58.6 Å². The first-order chi connectivity index (χ1) is 13.6. The average Bonchev–Trinajstić information content (AvgIpc) is 3.08. The molecule has 4 fully saturated rings. The molecule has 4 aliphatic carbocycles. The number of hydrogen-bond donors (Lipinski definition) is 2. The molecule has 5 heteroatoms. The van der Waals surface area contributed by atoms with Gasteiger partial charge in [-0.15, -0.1) is 11.3 Å². The predicted octanol–water partition coefficient (Wildman–Crippen LogP) is 3.66. The van der Waals surface area contributed by atoms with E-state index in [1.54, 1.807) is 11.3 Å². The lowest BCUT2D eigenvalue weighted by molar-refractivity contribution is -0.753. The van der Waals surface area contributed by atoms with Crippen LogP contribution >= 0.6 is 11.3 Å². The summed E-state index contributed by atoms with van der Waals surface area (Å²) in [7, 11) is 0. The Labute approximate surface area is 171 Å². The Morgan fingerprint density at radius 1 is 1.14 bits per heavy atom. The van der Waals surface area contributed by atoms with E-state index in [4.69, 9.17) is 4.98 Å². The third kappa shape index (κ3) is 3.87. The number of rotatable bonds is 6. The van der Waals surface area contributed by atoms with Crippen LogP contribution in [0, 0.1) is 24.7 Å². The molecule has 1 aromatic heterocycles. The van der Waals surface area contributed by atoms with Crippen LogP contribution in [0.25, 0.3) is 0 Å². The number of benzene rings is 1. The highest BCUT2D eigenvalue weighted by Crippen LogP contribution is 2.54. The van der Waals surface area contributed by atoms with Crippen LogP contribution in [0.2, 0.25) is 0 Å². The second-order valence-electron chi connectivity index (χ2n) is 9.51. The zero-order valence-electron chi connectivity index (χ0n) is 16.6. The van der Waals surface area contributed by atoms with Crippen LogP contribution in [-0.2, 0) is 17.8 Å². The number of thiazole rings is 1. The monoisotopic (exact) mass is 396 g/mol. The summed E-state index contributed by atoms with van der Waals surface area (Å²) in [4.78, 5) is 17.1. The number of nitrogens with zero attached hydrogens (tertiary/aromatic N) is 1. The number of aryl methyl sites for hydroxylation is 1. The Balaban J connectivity index is 1.15. The molecule has 0 spiro atoms. The van der Waals surface area contributed by atoms with E-state index in [-0.39, 0.29) is 5.91 Å². The van der Waals surface area contributed by atoms with Crippen LogP contribution in [0.15, 0.2) is 29.6 Å². The number of carbonyl (C=O) groups is 1. The Kier molecular flexibility index (Phi) is 4.76. The van der Waals surface area contributed by atoms with Crippen LogP contribution in [-0.4, -0.2) is 16.4 Å². The van der Waals surface area contributed by atoms with Crippen LogP contribution in [0.3, 0.4) is 0 Å². The maximum Gasteiger partial charge on any atom is 0.231 e. The van der Waals surface area contributed by atoms with Crippen molar-refractivity contribution in [2.45, 2.75) is 64.0 Å². The normalized spacial score (nSPS) is 30.5. The van der Waals surface area contributed by atoms with E-state index in [0.29, 0.717) is 12.0 Å². The summed E-state index contributed by atoms with van der Waals surface area (Å²) < 4.78 is 0. The molecule has 4 bridgehead atoms. The minimum atomic E-state index is 0.00909. The van der Waals surface area contributed by atoms with Crippen molar-refractivity contribution in [2.75, 3.05) is 5.32 Å². The Bertz CT molecular complexity index is 822. The number of anilines is 1. The van der Waals surface area contributed by atoms with Crippen LogP contribution < -0.4 is 10.6 Å². The summed E-state index contributed by atoms with van der Waals surface area (Å²) in [6, 6.07) is 7.91. The zero-order valence-corrected chi connectivity index (χ0v) is 17.4. The standard InChI is InChI=1S/C23H29N3OS/c1-15-2-4-19(5-3-15)25-21(27)9-22-26-20(14-28-22)13-24-23-10-16-6-17(11-23)8-18(7-16)12-23/h2-5,14,16-18,24H,6-13H2,1H3,(H,25,27)/p+1. The lowest BCUT2D eigenvalue weighted by Crippen LogP contribution is -2.97. The predicted molar refractivity (Wildman–Crippen MR) is 112 cm³/mol. The van der Waals surface area contributed by atoms with Gasteiger partial charge in [0.1, 0.15) is 17.2 Å². The second kappa shape index (κ2) is 7.27. The zero-order chi connectivity index (χ0) is 19.1. The average molecular weight is 397 g/mol. The number of quaternary nitrogens is 1. The number of nitrogens with two attached hydrogens (primary N) is 1. The van der Waals surface area contributed by atoms with E-state index in [9.17, 15) is 4.79 Å². The SMILES string of the molecule is Cc1ccc(NC(=O)Cc2nc(C[NH2+]C34CC5CC(CC(C5)C3)C4)cs2)cc1. The highest BCUT2D eigenvalue weighted by Gasteiger charge is 2.53. The molecule has 1 aromatic carbocycles. The van der Waals surface area contributed by atoms with Crippen molar-refractivity contribution in [3.63, 3.8) is 0 Å². The largest absolute Gasteiger partial charge is 0.336 e. The Morgan fingerprint density at radius 3 is 2.43 bits per heavy atom. The van der Waals surface area contributed by atoms with Gasteiger partial charge in [0, 0.05) is 30.3 Å². The molecule has 0 atom stereocenters. The first-order valence-corrected chi connectivity index (χ1v) is 11.6. The van der Waals surface area contributed by atoms with Gasteiger partial charge in [-0.1, -0.05) is 17.7 Å². The maximum atomic E-state index is 12.3. The summed E-state index contributed by atoms with van der Waals surface area (Å²) in [5, 5.41) is 8.63. The van der Waals surface area contributed by atoms with E-state index < -0.39 is 0 Å². The van der Waals surface area contributed by atoms with Gasteiger partial charge in [-0.25, -0.2) is 4.98 Å². The van der Waals surface area contributed by atoms with Gasteiger partial charge < -0.3 is 10.6 Å². The van der Waals surface area contributed by atoms with Gasteiger partial charge in [0.15, 0.2) is 0 Å². The number of hydrogen-bond acceptors (Lipinski definition) is 3. The number of carbonyl (C=O) groups excluding carboxylic acids is 1. The molecule has 6 rings (SSSR count). The molecular formula is C23H30N3OS+. The lowest BCUT2D eigenvalue weighted by Gasteiger charge is -2.54. The van der Waals surface area contributed by atoms with Gasteiger partial charge in [-0.05, 0) is 56.1 Å². The number of aromatic nitrogens is 1. The van der Waals surface area contributed by atoms with E-state index in [0.717, 1.165) is 40.7 Å². The fourth-order valence-corrected chi connectivity index (χ4v) is 7.06. The third-order valence-electron chi connectivity index (χ3n) is 7.08. The summed E-state index contributed by atoms with van der Waals surface area (Å²) >= 11 is 1.62. The van der Waals surface area contributed by atoms with E-state index >= 15 is 0 Å². The quantitative estimate of drug-likeness (QED) is 0.783. The van der Waals surface area contributed by atoms with Crippen molar-refractivity contribution >= 4 is 22.9 Å². The summed E-state index contributed by atoms with van der Waals surface area (Å²) in [5.74, 6) is 2.96. The molecule has 4 saturated carbocycles.